The Labute approximate surface area is 114 Å². The number of hydrogen-bond donors (Lipinski definition) is 2. The molecule has 0 unspecified atom stereocenters. The molecule has 0 fully saturated rings. The summed E-state index contributed by atoms with van der Waals surface area (Å²) >= 11 is 7.50. The predicted molar refractivity (Wildman–Crippen MR) is 77.5 cm³/mol. The molecule has 3 rings (SSSR count). The lowest BCUT2D eigenvalue weighted by Gasteiger charge is -2.04. The molecule has 5 heteroatoms. The van der Waals surface area contributed by atoms with Crippen molar-refractivity contribution in [3.8, 4) is 0 Å². The first kappa shape index (κ1) is 11.6. The van der Waals surface area contributed by atoms with E-state index in [4.69, 9.17) is 11.6 Å². The van der Waals surface area contributed by atoms with Gasteiger partial charge in [0, 0.05) is 17.1 Å². The summed E-state index contributed by atoms with van der Waals surface area (Å²) in [5.41, 5.74) is 3.13. The van der Waals surface area contributed by atoms with Crippen LogP contribution in [0.5, 0.6) is 0 Å². The van der Waals surface area contributed by atoms with E-state index in [9.17, 15) is 0 Å². The van der Waals surface area contributed by atoms with Crippen LogP contribution in [-0.2, 0) is 6.54 Å². The van der Waals surface area contributed by atoms with Crippen LogP contribution in [0.25, 0.3) is 11.0 Å². The molecule has 0 saturated heterocycles. The number of anilines is 1. The first-order chi connectivity index (χ1) is 8.70. The van der Waals surface area contributed by atoms with Gasteiger partial charge in [-0.3, -0.25) is 0 Å². The highest BCUT2D eigenvalue weighted by Gasteiger charge is 2.02. The first-order valence-electron chi connectivity index (χ1n) is 5.65. The Morgan fingerprint density at radius 1 is 1.33 bits per heavy atom. The van der Waals surface area contributed by atoms with E-state index in [1.54, 1.807) is 11.3 Å². The minimum Gasteiger partial charge on any atom is -0.380 e. The van der Waals surface area contributed by atoms with Gasteiger partial charge in [0.05, 0.1) is 15.4 Å². The molecule has 0 aliphatic rings. The van der Waals surface area contributed by atoms with Crippen molar-refractivity contribution < 1.29 is 0 Å². The average molecular weight is 278 g/mol. The molecular weight excluding hydrogens is 266 g/mol. The molecule has 2 aromatic heterocycles. The summed E-state index contributed by atoms with van der Waals surface area (Å²) in [6.07, 6.45) is 0. The quantitative estimate of drug-likeness (QED) is 0.753. The molecule has 0 saturated carbocycles. The number of aromatic nitrogens is 2. The van der Waals surface area contributed by atoms with E-state index in [0.717, 1.165) is 33.4 Å². The van der Waals surface area contributed by atoms with Crippen LogP contribution in [0.1, 0.15) is 10.7 Å². The first-order valence-corrected chi connectivity index (χ1v) is 6.84. The van der Waals surface area contributed by atoms with Crippen molar-refractivity contribution in [1.82, 2.24) is 9.97 Å². The number of hydrogen-bond acceptors (Lipinski definition) is 3. The van der Waals surface area contributed by atoms with E-state index in [1.807, 2.05) is 31.2 Å². The lowest BCUT2D eigenvalue weighted by Crippen LogP contribution is -1.96. The minimum absolute atomic E-state index is 0.788. The molecule has 0 amide bonds. The van der Waals surface area contributed by atoms with Crippen molar-refractivity contribution in [3.63, 3.8) is 0 Å². The molecule has 18 heavy (non-hydrogen) atoms. The van der Waals surface area contributed by atoms with Gasteiger partial charge in [-0.1, -0.05) is 11.6 Å². The van der Waals surface area contributed by atoms with E-state index >= 15 is 0 Å². The maximum atomic E-state index is 5.90. The van der Waals surface area contributed by atoms with Crippen LogP contribution < -0.4 is 5.32 Å². The van der Waals surface area contributed by atoms with Crippen molar-refractivity contribution >= 4 is 39.7 Å². The highest BCUT2D eigenvalue weighted by atomic mass is 35.5. The highest BCUT2D eigenvalue weighted by Crippen LogP contribution is 2.23. The lowest BCUT2D eigenvalue weighted by atomic mass is 10.2. The summed E-state index contributed by atoms with van der Waals surface area (Å²) in [5.74, 6) is 0.937. The zero-order valence-electron chi connectivity index (χ0n) is 9.83. The summed E-state index contributed by atoms with van der Waals surface area (Å²) in [6, 6.07) is 10.1. The molecule has 0 radical (unpaired) electrons. The Morgan fingerprint density at radius 3 is 3.00 bits per heavy atom. The largest absolute Gasteiger partial charge is 0.380 e. The van der Waals surface area contributed by atoms with E-state index in [2.05, 4.69) is 21.4 Å². The Bertz CT molecular complexity index is 686. The minimum atomic E-state index is 0.788. The third kappa shape index (κ3) is 2.35. The molecule has 92 valence electrons. The van der Waals surface area contributed by atoms with Crippen LogP contribution in [0.15, 0.2) is 30.3 Å². The van der Waals surface area contributed by atoms with Crippen molar-refractivity contribution in [2.45, 2.75) is 13.5 Å². The molecule has 2 heterocycles. The SMILES string of the molecule is Cc1nc2ccc(NCc3ccc(Cl)s3)cc2[nH]1. The Morgan fingerprint density at radius 2 is 2.22 bits per heavy atom. The fourth-order valence-corrected chi connectivity index (χ4v) is 2.91. The van der Waals surface area contributed by atoms with E-state index in [1.165, 1.54) is 4.88 Å². The van der Waals surface area contributed by atoms with Crippen molar-refractivity contribution in [2.24, 2.45) is 0 Å². The number of H-pyrrole nitrogens is 1. The second-order valence-corrected chi connectivity index (χ2v) is 5.91. The summed E-state index contributed by atoms with van der Waals surface area (Å²) in [5, 5.41) is 3.38. The second kappa shape index (κ2) is 4.63. The fourth-order valence-electron chi connectivity index (χ4n) is 1.88. The molecule has 2 N–H and O–H groups in total. The maximum Gasteiger partial charge on any atom is 0.104 e. The number of aromatic amines is 1. The van der Waals surface area contributed by atoms with E-state index in [0.29, 0.717) is 0 Å². The van der Waals surface area contributed by atoms with Gasteiger partial charge in [0.15, 0.2) is 0 Å². The zero-order valence-corrected chi connectivity index (χ0v) is 11.4. The molecule has 3 aromatic rings. The van der Waals surface area contributed by atoms with Gasteiger partial charge in [0.25, 0.3) is 0 Å². The number of nitrogens with one attached hydrogen (secondary N) is 2. The van der Waals surface area contributed by atoms with Crippen molar-refractivity contribution in [3.05, 3.63) is 45.4 Å². The number of imidazole rings is 1. The van der Waals surface area contributed by atoms with Crippen molar-refractivity contribution in [2.75, 3.05) is 5.32 Å². The van der Waals surface area contributed by atoms with Crippen LogP contribution in [0.4, 0.5) is 5.69 Å². The Hall–Kier alpha value is -1.52. The van der Waals surface area contributed by atoms with Crippen LogP contribution in [0.2, 0.25) is 4.34 Å². The molecule has 0 aliphatic heterocycles. The molecule has 3 nitrogen and oxygen atoms in total. The van der Waals surface area contributed by atoms with Crippen LogP contribution in [-0.4, -0.2) is 9.97 Å². The zero-order chi connectivity index (χ0) is 12.5. The van der Waals surface area contributed by atoms with Crippen LogP contribution in [0.3, 0.4) is 0 Å². The third-order valence-corrected chi connectivity index (χ3v) is 3.93. The normalized spacial score (nSPS) is 11.0. The average Bonchev–Trinajstić information content (AvgIpc) is 2.90. The van der Waals surface area contributed by atoms with E-state index < -0.39 is 0 Å². The summed E-state index contributed by atoms with van der Waals surface area (Å²) < 4.78 is 0.825. The monoisotopic (exact) mass is 277 g/mol. The van der Waals surface area contributed by atoms with Gasteiger partial charge >= 0.3 is 0 Å². The van der Waals surface area contributed by atoms with Gasteiger partial charge in [-0.25, -0.2) is 4.98 Å². The summed E-state index contributed by atoms with van der Waals surface area (Å²) in [6.45, 7) is 2.75. The molecular formula is C13H12ClN3S. The second-order valence-electron chi connectivity index (χ2n) is 4.11. The highest BCUT2D eigenvalue weighted by molar-refractivity contribution is 7.16. The van der Waals surface area contributed by atoms with Crippen LogP contribution >= 0.6 is 22.9 Å². The lowest BCUT2D eigenvalue weighted by molar-refractivity contribution is 1.17. The number of halogens is 1. The van der Waals surface area contributed by atoms with Crippen molar-refractivity contribution in [1.29, 1.82) is 0 Å². The number of nitrogens with zero attached hydrogens (tertiary/aromatic N) is 1. The third-order valence-electron chi connectivity index (χ3n) is 2.70. The molecule has 0 aliphatic carbocycles. The number of thiophene rings is 1. The van der Waals surface area contributed by atoms with Gasteiger partial charge in [-0.2, -0.15) is 0 Å². The van der Waals surface area contributed by atoms with Crippen LogP contribution in [0, 0.1) is 6.92 Å². The fraction of sp³-hybridized carbons (Fsp3) is 0.154. The molecule has 0 spiro atoms. The van der Waals surface area contributed by atoms with Gasteiger partial charge in [-0.15, -0.1) is 11.3 Å². The van der Waals surface area contributed by atoms with Gasteiger partial charge in [0.2, 0.25) is 0 Å². The number of aryl methyl sites for hydroxylation is 1. The topological polar surface area (TPSA) is 40.7 Å². The summed E-state index contributed by atoms with van der Waals surface area (Å²) in [7, 11) is 0. The molecule has 0 atom stereocenters. The van der Waals surface area contributed by atoms with Gasteiger partial charge < -0.3 is 10.3 Å². The molecule has 1 aromatic carbocycles. The Balaban J connectivity index is 1.78. The van der Waals surface area contributed by atoms with Gasteiger partial charge in [0.1, 0.15) is 5.82 Å². The predicted octanol–water partition coefficient (Wildman–Crippen LogP) is 4.20. The number of benzene rings is 1. The number of fused-ring (bicyclic) bond motifs is 1. The van der Waals surface area contributed by atoms with Gasteiger partial charge in [-0.05, 0) is 37.3 Å². The van der Waals surface area contributed by atoms with E-state index in [-0.39, 0.29) is 0 Å². The molecule has 0 bridgehead atoms. The maximum absolute atomic E-state index is 5.90. The number of rotatable bonds is 3. The smallest absolute Gasteiger partial charge is 0.104 e. The Kier molecular flexibility index (Phi) is 2.97. The summed E-state index contributed by atoms with van der Waals surface area (Å²) in [4.78, 5) is 8.83. The standard InChI is InChI=1S/C13H12ClN3S/c1-8-16-11-4-2-9(6-12(11)17-8)15-7-10-3-5-13(14)18-10/h2-6,15H,7H2,1H3,(H,16,17).